The maximum Gasteiger partial charge on any atom is 0.123 e. The van der Waals surface area contributed by atoms with Gasteiger partial charge in [0.25, 0.3) is 0 Å². The number of hydrogen-bond donors (Lipinski definition) is 0. The van der Waals surface area contributed by atoms with Crippen LogP contribution in [0.2, 0.25) is 0 Å². The molecule has 12 aromatic rings. The molecular formula is C75H54F4N4. The maximum atomic E-state index is 14.7. The molecule has 8 heteroatoms. The van der Waals surface area contributed by atoms with Gasteiger partial charge in [-0.25, -0.2) is 17.6 Å². The van der Waals surface area contributed by atoms with Crippen molar-refractivity contribution < 1.29 is 17.6 Å². The second-order valence-corrected chi connectivity index (χ2v) is 21.2. The maximum absolute atomic E-state index is 14.7. The predicted octanol–water partition coefficient (Wildman–Crippen LogP) is 21.8. The van der Waals surface area contributed by atoms with Crippen molar-refractivity contribution in [2.24, 2.45) is 0 Å². The lowest BCUT2D eigenvalue weighted by Gasteiger charge is -2.30. The first kappa shape index (κ1) is 52.0. The van der Waals surface area contributed by atoms with Crippen molar-refractivity contribution in [2.75, 3.05) is 19.6 Å². The number of rotatable bonds is 14. The first-order valence-electron chi connectivity index (χ1n) is 27.6. The fourth-order valence-corrected chi connectivity index (χ4v) is 11.6. The van der Waals surface area contributed by atoms with Crippen molar-refractivity contribution in [3.8, 4) is 33.4 Å². The van der Waals surface area contributed by atoms with E-state index in [-0.39, 0.29) is 23.3 Å². The van der Waals surface area contributed by atoms with Gasteiger partial charge in [0.15, 0.2) is 0 Å². The highest BCUT2D eigenvalue weighted by molar-refractivity contribution is 5.92. The van der Waals surface area contributed by atoms with Crippen LogP contribution in [0.3, 0.4) is 0 Å². The molecule has 0 saturated carbocycles. The van der Waals surface area contributed by atoms with Gasteiger partial charge in [0.2, 0.25) is 0 Å². The van der Waals surface area contributed by atoms with E-state index in [9.17, 15) is 17.6 Å². The average Bonchev–Trinajstić information content (AvgIpc) is 2.76. The Morgan fingerprint density at radius 3 is 0.687 bits per heavy atom. The van der Waals surface area contributed by atoms with Crippen LogP contribution >= 0.6 is 0 Å². The van der Waals surface area contributed by atoms with Crippen LogP contribution in [0, 0.1) is 23.3 Å². The van der Waals surface area contributed by atoms with Gasteiger partial charge in [-0.05, 0) is 239 Å². The summed E-state index contributed by atoms with van der Waals surface area (Å²) in [4.78, 5) is 8.53. The first-order chi connectivity index (χ1) is 40.5. The van der Waals surface area contributed by atoms with E-state index < -0.39 is 5.41 Å². The number of hydrogen-bond acceptors (Lipinski definition) is 4. The molecule has 4 nitrogen and oxygen atoms in total. The summed E-state index contributed by atoms with van der Waals surface area (Å²) in [6.45, 7) is 4.56. The van der Waals surface area contributed by atoms with Gasteiger partial charge in [0.1, 0.15) is 23.3 Å². The molecule has 0 aromatic heterocycles. The lowest BCUT2D eigenvalue weighted by Crippen LogP contribution is -2.15. The van der Waals surface area contributed by atoms with Crippen molar-refractivity contribution in [3.63, 3.8) is 0 Å². The van der Waals surface area contributed by atoms with Crippen LogP contribution in [0.4, 0.5) is 85.8 Å². The third kappa shape index (κ3) is 10.3. The standard InChI is InChI=1S/C75H54F4N4/c1-75(2)73-47-51(53-43-67(80(59-15-7-3-8-16-59)63-33-25-55(76)26-34-63)49-68(44-53)81(60-17-9-4-10-18-60)64-35-27-56(77)28-36-64)23-41-71(73)72-42-24-52(48-74(72)75)54-45-69(82(61-19-11-5-12-20-61)65-37-29-57(78)30-38-65)50-70(46-54)83(62-21-13-6-14-22-62)66-39-31-58(79)32-40-66/h3-50H,1-2H3. The van der Waals surface area contributed by atoms with Gasteiger partial charge < -0.3 is 19.6 Å². The van der Waals surface area contributed by atoms with E-state index in [1.807, 2.05) is 121 Å². The predicted molar refractivity (Wildman–Crippen MR) is 333 cm³/mol. The zero-order valence-corrected chi connectivity index (χ0v) is 45.5. The van der Waals surface area contributed by atoms with Gasteiger partial charge in [-0.2, -0.15) is 0 Å². The number of benzene rings is 12. The van der Waals surface area contributed by atoms with Gasteiger partial charge in [-0.15, -0.1) is 0 Å². The Bertz CT molecular complexity index is 3760. The SMILES string of the molecule is CC1(C)c2cc(-c3cc(N(c4ccccc4)c4ccc(F)cc4)cc(N(c4ccccc4)c4ccc(F)cc4)c3)ccc2-c2ccc(-c3cc(N(c4ccccc4)c4ccc(F)cc4)cc(N(c4ccccc4)c4ccc(F)cc4)c3)cc21. The van der Waals surface area contributed by atoms with Crippen LogP contribution < -0.4 is 19.6 Å². The molecule has 0 radical (unpaired) electrons. The van der Waals surface area contributed by atoms with E-state index in [1.54, 1.807) is 48.5 Å². The van der Waals surface area contributed by atoms with Gasteiger partial charge in [-0.3, -0.25) is 0 Å². The monoisotopic (exact) mass is 1090 g/mol. The lowest BCUT2D eigenvalue weighted by atomic mass is 9.80. The molecule has 0 fully saturated rings. The van der Waals surface area contributed by atoms with Gasteiger partial charge in [0, 0.05) is 73.7 Å². The van der Waals surface area contributed by atoms with E-state index in [0.29, 0.717) is 0 Å². The molecule has 1 aliphatic rings. The number of para-hydroxylation sites is 4. The van der Waals surface area contributed by atoms with Gasteiger partial charge in [-0.1, -0.05) is 111 Å². The summed E-state index contributed by atoms with van der Waals surface area (Å²) in [6.07, 6.45) is 0. The first-order valence-corrected chi connectivity index (χ1v) is 27.6. The summed E-state index contributed by atoms with van der Waals surface area (Å²) in [6, 6.07) is 92.8. The second-order valence-electron chi connectivity index (χ2n) is 21.2. The minimum Gasteiger partial charge on any atom is -0.310 e. The van der Waals surface area contributed by atoms with Crippen LogP contribution in [-0.2, 0) is 5.41 Å². The highest BCUT2D eigenvalue weighted by atomic mass is 19.1. The van der Waals surface area contributed by atoms with Crippen LogP contribution in [0.5, 0.6) is 0 Å². The zero-order valence-electron chi connectivity index (χ0n) is 45.5. The third-order valence-corrected chi connectivity index (χ3v) is 15.6. The van der Waals surface area contributed by atoms with Crippen molar-refractivity contribution in [1.82, 2.24) is 0 Å². The van der Waals surface area contributed by atoms with Crippen LogP contribution in [-0.4, -0.2) is 0 Å². The van der Waals surface area contributed by atoms with E-state index in [0.717, 1.165) is 102 Å². The van der Waals surface area contributed by atoms with Gasteiger partial charge in [0.05, 0.1) is 0 Å². The van der Waals surface area contributed by atoms with Crippen LogP contribution in [0.1, 0.15) is 25.0 Å². The molecule has 0 heterocycles. The van der Waals surface area contributed by atoms with Crippen molar-refractivity contribution in [1.29, 1.82) is 0 Å². The summed E-state index contributed by atoms with van der Waals surface area (Å²) in [5, 5.41) is 0. The molecule has 83 heavy (non-hydrogen) atoms. The minimum absolute atomic E-state index is 0.331. The summed E-state index contributed by atoms with van der Waals surface area (Å²) in [5.74, 6) is -1.32. The highest BCUT2D eigenvalue weighted by Crippen LogP contribution is 2.53. The summed E-state index contributed by atoms with van der Waals surface area (Å²) in [7, 11) is 0. The average molecular weight is 1090 g/mol. The summed E-state index contributed by atoms with van der Waals surface area (Å²) < 4.78 is 58.7. The number of fused-ring (bicyclic) bond motifs is 3. The lowest BCUT2D eigenvalue weighted by molar-refractivity contribution is 0.627. The highest BCUT2D eigenvalue weighted by Gasteiger charge is 2.36. The van der Waals surface area contributed by atoms with Crippen molar-refractivity contribution in [2.45, 2.75) is 19.3 Å². The molecule has 1 aliphatic carbocycles. The Hall–Kier alpha value is -10.4. The molecule has 0 saturated heterocycles. The normalized spacial score (nSPS) is 12.1. The fourth-order valence-electron chi connectivity index (χ4n) is 11.6. The largest absolute Gasteiger partial charge is 0.310 e. The van der Waals surface area contributed by atoms with Crippen LogP contribution in [0.25, 0.3) is 33.4 Å². The molecule has 0 atom stereocenters. The molecule has 0 unspecified atom stereocenters. The summed E-state index contributed by atoms with van der Waals surface area (Å²) >= 11 is 0. The molecule has 12 aromatic carbocycles. The third-order valence-electron chi connectivity index (χ3n) is 15.6. The Balaban J connectivity index is 0.964. The van der Waals surface area contributed by atoms with Crippen molar-refractivity contribution in [3.05, 3.63) is 326 Å². The number of halogens is 4. The van der Waals surface area contributed by atoms with Gasteiger partial charge >= 0.3 is 0 Å². The molecule has 0 bridgehead atoms. The zero-order chi connectivity index (χ0) is 56.6. The molecular weight excluding hydrogens is 1030 g/mol. The number of nitrogens with zero attached hydrogens (tertiary/aromatic N) is 4. The second kappa shape index (κ2) is 21.9. The fraction of sp³-hybridized carbons (Fsp3) is 0.0400. The topological polar surface area (TPSA) is 13.0 Å². The Labute approximate surface area is 481 Å². The molecule has 0 aliphatic heterocycles. The molecule has 402 valence electrons. The van der Waals surface area contributed by atoms with E-state index in [2.05, 4.69) is 106 Å². The molecule has 0 amide bonds. The Morgan fingerprint density at radius 2 is 0.446 bits per heavy atom. The summed E-state index contributed by atoms with van der Waals surface area (Å²) in [5.41, 5.74) is 18.0. The molecule has 0 spiro atoms. The Morgan fingerprint density at radius 1 is 0.217 bits per heavy atom. The Kier molecular flexibility index (Phi) is 13.7. The van der Waals surface area contributed by atoms with Crippen molar-refractivity contribution >= 4 is 68.2 Å². The quantitative estimate of drug-likeness (QED) is 0.101. The molecule has 13 rings (SSSR count). The number of anilines is 12. The molecule has 0 N–H and O–H groups in total. The van der Waals surface area contributed by atoms with Crippen LogP contribution in [0.15, 0.2) is 291 Å². The van der Waals surface area contributed by atoms with E-state index in [1.165, 1.54) is 59.7 Å². The minimum atomic E-state index is -0.472. The van der Waals surface area contributed by atoms with E-state index >= 15 is 0 Å². The van der Waals surface area contributed by atoms with E-state index in [4.69, 9.17) is 0 Å². The smallest absolute Gasteiger partial charge is 0.123 e.